The number of aromatic nitrogens is 2. The van der Waals surface area contributed by atoms with Crippen molar-refractivity contribution >= 4 is 5.82 Å². The number of nitrogens with one attached hydrogen (secondary N) is 1. The number of nitrogens with two attached hydrogens (primary N) is 1. The number of rotatable bonds is 2. The highest BCUT2D eigenvalue weighted by atomic mass is 16.5. The highest BCUT2D eigenvalue weighted by molar-refractivity contribution is 5.37. The van der Waals surface area contributed by atoms with Gasteiger partial charge in [0.15, 0.2) is 0 Å². The van der Waals surface area contributed by atoms with Crippen molar-refractivity contribution in [3.63, 3.8) is 0 Å². The molecular formula is C10H16N4O2. The molecule has 0 amide bonds. The van der Waals surface area contributed by atoms with Crippen LogP contribution < -0.4 is 16.2 Å². The number of ether oxygens (including phenoxy) is 1. The SMILES string of the molecule is CC1CN(c2cc(=O)[nH]cn2)CC(CN)O1. The summed E-state index contributed by atoms with van der Waals surface area (Å²) in [5, 5.41) is 0. The molecular weight excluding hydrogens is 208 g/mol. The number of morpholine rings is 1. The first-order chi connectivity index (χ1) is 7.69. The van der Waals surface area contributed by atoms with Gasteiger partial charge in [0.2, 0.25) is 0 Å². The lowest BCUT2D eigenvalue weighted by atomic mass is 10.2. The summed E-state index contributed by atoms with van der Waals surface area (Å²) in [5.41, 5.74) is 5.45. The Hall–Kier alpha value is -1.40. The molecule has 2 atom stereocenters. The van der Waals surface area contributed by atoms with Gasteiger partial charge >= 0.3 is 0 Å². The molecule has 6 heteroatoms. The van der Waals surface area contributed by atoms with E-state index < -0.39 is 0 Å². The molecule has 1 aliphatic heterocycles. The van der Waals surface area contributed by atoms with E-state index in [1.807, 2.05) is 11.8 Å². The molecule has 2 rings (SSSR count). The van der Waals surface area contributed by atoms with Crippen LogP contribution in [0.2, 0.25) is 0 Å². The van der Waals surface area contributed by atoms with E-state index >= 15 is 0 Å². The second-order valence-electron chi connectivity index (χ2n) is 3.98. The molecule has 3 N–H and O–H groups in total. The molecule has 0 spiro atoms. The first-order valence-electron chi connectivity index (χ1n) is 5.34. The van der Waals surface area contributed by atoms with Crippen molar-refractivity contribution in [1.82, 2.24) is 9.97 Å². The molecule has 1 saturated heterocycles. The summed E-state index contributed by atoms with van der Waals surface area (Å²) in [6, 6.07) is 1.49. The molecule has 88 valence electrons. The molecule has 16 heavy (non-hydrogen) atoms. The molecule has 2 heterocycles. The Balaban J connectivity index is 2.17. The fraction of sp³-hybridized carbons (Fsp3) is 0.600. The zero-order valence-electron chi connectivity index (χ0n) is 9.22. The highest BCUT2D eigenvalue weighted by Gasteiger charge is 2.25. The number of hydrogen-bond donors (Lipinski definition) is 2. The summed E-state index contributed by atoms with van der Waals surface area (Å²) < 4.78 is 5.64. The molecule has 0 saturated carbocycles. The van der Waals surface area contributed by atoms with Gasteiger partial charge in [-0.25, -0.2) is 4.98 Å². The third-order valence-corrected chi connectivity index (χ3v) is 2.58. The molecule has 1 aromatic rings. The van der Waals surface area contributed by atoms with Crippen molar-refractivity contribution in [3.8, 4) is 0 Å². The van der Waals surface area contributed by atoms with E-state index in [-0.39, 0.29) is 17.8 Å². The first kappa shape index (κ1) is 11.1. The number of aromatic amines is 1. The minimum Gasteiger partial charge on any atom is -0.370 e. The Morgan fingerprint density at radius 1 is 1.69 bits per heavy atom. The third kappa shape index (κ3) is 2.40. The molecule has 0 aliphatic carbocycles. The summed E-state index contributed by atoms with van der Waals surface area (Å²) in [7, 11) is 0. The van der Waals surface area contributed by atoms with Gasteiger partial charge in [0.05, 0.1) is 18.5 Å². The first-order valence-corrected chi connectivity index (χ1v) is 5.34. The number of hydrogen-bond acceptors (Lipinski definition) is 5. The zero-order valence-corrected chi connectivity index (χ0v) is 9.22. The standard InChI is InChI=1S/C10H16N4O2/c1-7-4-14(5-8(3-11)16-7)9-2-10(15)13-6-12-9/h2,6-8H,3-5,11H2,1H3,(H,12,13,15). The van der Waals surface area contributed by atoms with Crippen molar-refractivity contribution in [2.24, 2.45) is 5.73 Å². The van der Waals surface area contributed by atoms with Gasteiger partial charge in [0, 0.05) is 25.7 Å². The summed E-state index contributed by atoms with van der Waals surface area (Å²) in [6.07, 6.45) is 1.52. The van der Waals surface area contributed by atoms with Crippen molar-refractivity contribution < 1.29 is 4.74 Å². The predicted molar refractivity (Wildman–Crippen MR) is 60.5 cm³/mol. The molecule has 0 radical (unpaired) electrons. The van der Waals surface area contributed by atoms with Gasteiger partial charge in [-0.15, -0.1) is 0 Å². The fourth-order valence-corrected chi connectivity index (χ4v) is 1.89. The Bertz CT molecular complexity index is 406. The second-order valence-corrected chi connectivity index (χ2v) is 3.98. The maximum absolute atomic E-state index is 11.2. The monoisotopic (exact) mass is 224 g/mol. The molecule has 1 fully saturated rings. The van der Waals surface area contributed by atoms with Gasteiger partial charge in [-0.2, -0.15) is 0 Å². The van der Waals surface area contributed by atoms with Gasteiger partial charge in [0.25, 0.3) is 5.56 Å². The topological polar surface area (TPSA) is 84.2 Å². The summed E-state index contributed by atoms with van der Waals surface area (Å²) in [6.45, 7) is 3.87. The Morgan fingerprint density at radius 3 is 3.19 bits per heavy atom. The minimum atomic E-state index is -0.145. The lowest BCUT2D eigenvalue weighted by Crippen LogP contribution is -2.49. The normalized spacial score (nSPS) is 25.8. The van der Waals surface area contributed by atoms with E-state index in [4.69, 9.17) is 10.5 Å². The smallest absolute Gasteiger partial charge is 0.252 e. The number of anilines is 1. The fourth-order valence-electron chi connectivity index (χ4n) is 1.89. The van der Waals surface area contributed by atoms with Crippen LogP contribution in [0.15, 0.2) is 17.2 Å². The summed E-state index contributed by atoms with van der Waals surface area (Å²) in [4.78, 5) is 19.9. The van der Waals surface area contributed by atoms with Crippen LogP contribution in [0.4, 0.5) is 5.82 Å². The molecule has 6 nitrogen and oxygen atoms in total. The van der Waals surface area contributed by atoms with Crippen LogP contribution in [-0.4, -0.2) is 41.8 Å². The van der Waals surface area contributed by atoms with Crippen LogP contribution >= 0.6 is 0 Å². The molecule has 0 aromatic carbocycles. The van der Waals surface area contributed by atoms with E-state index in [9.17, 15) is 4.79 Å². The van der Waals surface area contributed by atoms with Crippen LogP contribution in [0.25, 0.3) is 0 Å². The summed E-state index contributed by atoms with van der Waals surface area (Å²) in [5.74, 6) is 0.678. The Labute approximate surface area is 93.4 Å². The summed E-state index contributed by atoms with van der Waals surface area (Å²) >= 11 is 0. The van der Waals surface area contributed by atoms with Gasteiger partial charge in [0.1, 0.15) is 5.82 Å². The molecule has 0 bridgehead atoms. The second kappa shape index (κ2) is 4.63. The largest absolute Gasteiger partial charge is 0.370 e. The third-order valence-electron chi connectivity index (χ3n) is 2.58. The van der Waals surface area contributed by atoms with Gasteiger partial charge in [-0.05, 0) is 6.92 Å². The lowest BCUT2D eigenvalue weighted by Gasteiger charge is -2.36. The van der Waals surface area contributed by atoms with Gasteiger partial charge in [-0.3, -0.25) is 4.79 Å². The van der Waals surface area contributed by atoms with Crippen molar-refractivity contribution in [2.45, 2.75) is 19.1 Å². The Kier molecular flexibility index (Phi) is 3.21. The van der Waals surface area contributed by atoms with Crippen LogP contribution in [-0.2, 0) is 4.74 Å². The van der Waals surface area contributed by atoms with E-state index in [0.29, 0.717) is 18.9 Å². The predicted octanol–water partition coefficient (Wildman–Crippen LogP) is -0.678. The lowest BCUT2D eigenvalue weighted by molar-refractivity contribution is -0.0107. The van der Waals surface area contributed by atoms with Crippen LogP contribution in [0.1, 0.15) is 6.92 Å². The zero-order chi connectivity index (χ0) is 11.5. The number of nitrogens with zero attached hydrogens (tertiary/aromatic N) is 2. The van der Waals surface area contributed by atoms with Crippen molar-refractivity contribution in [1.29, 1.82) is 0 Å². The average Bonchev–Trinajstić information content (AvgIpc) is 2.28. The molecule has 1 aromatic heterocycles. The molecule has 2 unspecified atom stereocenters. The van der Waals surface area contributed by atoms with E-state index in [0.717, 1.165) is 6.54 Å². The van der Waals surface area contributed by atoms with Crippen LogP contribution in [0, 0.1) is 0 Å². The van der Waals surface area contributed by atoms with Gasteiger partial charge in [-0.1, -0.05) is 0 Å². The number of H-pyrrole nitrogens is 1. The quantitative estimate of drug-likeness (QED) is 0.695. The van der Waals surface area contributed by atoms with Crippen LogP contribution in [0.5, 0.6) is 0 Å². The van der Waals surface area contributed by atoms with E-state index in [2.05, 4.69) is 9.97 Å². The maximum Gasteiger partial charge on any atom is 0.252 e. The molecule has 1 aliphatic rings. The van der Waals surface area contributed by atoms with Crippen molar-refractivity contribution in [3.05, 3.63) is 22.7 Å². The Morgan fingerprint density at radius 2 is 2.50 bits per heavy atom. The van der Waals surface area contributed by atoms with E-state index in [1.165, 1.54) is 12.4 Å². The maximum atomic E-state index is 11.2. The van der Waals surface area contributed by atoms with Gasteiger partial charge < -0.3 is 20.4 Å². The van der Waals surface area contributed by atoms with E-state index in [1.54, 1.807) is 0 Å². The minimum absolute atomic E-state index is 0.00448. The van der Waals surface area contributed by atoms with Crippen molar-refractivity contribution in [2.75, 3.05) is 24.5 Å². The highest BCUT2D eigenvalue weighted by Crippen LogP contribution is 2.15. The average molecular weight is 224 g/mol. The van der Waals surface area contributed by atoms with Crippen LogP contribution in [0.3, 0.4) is 0 Å².